The molecule has 1 saturated heterocycles. The number of nitrogens with one attached hydrogen (secondary N) is 2. The molecule has 1 aliphatic heterocycles. The normalized spacial score (nSPS) is 14.0. The summed E-state index contributed by atoms with van der Waals surface area (Å²) in [4.78, 5) is 19.0. The van der Waals surface area contributed by atoms with Gasteiger partial charge in [-0.3, -0.25) is 4.79 Å². The van der Waals surface area contributed by atoms with Crippen LogP contribution in [0.2, 0.25) is 0 Å². The molecule has 0 bridgehead atoms. The van der Waals surface area contributed by atoms with Crippen molar-refractivity contribution in [3.63, 3.8) is 0 Å². The molecule has 6 nitrogen and oxygen atoms in total. The predicted molar refractivity (Wildman–Crippen MR) is 133 cm³/mol. The largest absolute Gasteiger partial charge is 0.396 e. The first-order valence-electron chi connectivity index (χ1n) is 13.1. The lowest BCUT2D eigenvalue weighted by atomic mass is 10.0. The number of piperazine rings is 1. The number of aliphatic hydroxyl groups is 1. The minimum absolute atomic E-state index is 0.0160. The third kappa shape index (κ3) is 11.8. The van der Waals surface area contributed by atoms with Gasteiger partial charge < -0.3 is 20.6 Å². The summed E-state index contributed by atoms with van der Waals surface area (Å²) >= 11 is 0. The van der Waals surface area contributed by atoms with Crippen molar-refractivity contribution in [2.75, 3.05) is 44.2 Å². The summed E-state index contributed by atoms with van der Waals surface area (Å²) in [6.07, 6.45) is 19.4. The Morgan fingerprint density at radius 3 is 1.88 bits per heavy atom. The van der Waals surface area contributed by atoms with Crippen LogP contribution in [-0.2, 0) is 0 Å². The van der Waals surface area contributed by atoms with Gasteiger partial charge in [0.1, 0.15) is 5.82 Å². The molecule has 1 fully saturated rings. The number of nitrogens with zero attached hydrogens (tertiary/aromatic N) is 2. The van der Waals surface area contributed by atoms with Crippen molar-refractivity contribution >= 4 is 11.7 Å². The van der Waals surface area contributed by atoms with E-state index in [9.17, 15) is 4.79 Å². The number of carbonyl (C=O) groups is 1. The van der Waals surface area contributed by atoms with E-state index in [1.807, 2.05) is 12.1 Å². The van der Waals surface area contributed by atoms with Gasteiger partial charge in [-0.25, -0.2) is 4.98 Å². The smallest absolute Gasteiger partial charge is 0.252 e. The van der Waals surface area contributed by atoms with Gasteiger partial charge in [0.25, 0.3) is 5.91 Å². The van der Waals surface area contributed by atoms with Gasteiger partial charge >= 0.3 is 0 Å². The Hall–Kier alpha value is -1.66. The van der Waals surface area contributed by atoms with Crippen molar-refractivity contribution in [2.45, 2.75) is 89.9 Å². The number of anilines is 1. The standard InChI is InChI=1S/C26H46N4O2/c31-22-14-12-10-8-6-4-2-1-3-5-7-9-11-13-17-28-26(32)24-15-16-25(29-23-24)30-20-18-27-19-21-30/h15-16,23,27,31H,1-14,17-22H2,(H,28,32). The van der Waals surface area contributed by atoms with Crippen molar-refractivity contribution in [3.05, 3.63) is 23.9 Å². The molecule has 1 aliphatic rings. The molecule has 1 amide bonds. The third-order valence-electron chi connectivity index (χ3n) is 6.32. The zero-order valence-electron chi connectivity index (χ0n) is 20.1. The highest BCUT2D eigenvalue weighted by Gasteiger charge is 2.12. The molecule has 0 saturated carbocycles. The minimum atomic E-state index is -0.0160. The quantitative estimate of drug-likeness (QED) is 0.286. The molecule has 0 aromatic carbocycles. The minimum Gasteiger partial charge on any atom is -0.396 e. The van der Waals surface area contributed by atoms with Crippen molar-refractivity contribution < 1.29 is 9.90 Å². The van der Waals surface area contributed by atoms with Crippen LogP contribution in [0, 0.1) is 0 Å². The number of rotatable bonds is 18. The van der Waals surface area contributed by atoms with Gasteiger partial charge in [0.05, 0.1) is 5.56 Å². The van der Waals surface area contributed by atoms with E-state index in [1.165, 1.54) is 77.0 Å². The Morgan fingerprint density at radius 2 is 1.38 bits per heavy atom. The van der Waals surface area contributed by atoms with Gasteiger partial charge in [-0.1, -0.05) is 77.0 Å². The number of hydrogen-bond donors (Lipinski definition) is 3. The Kier molecular flexibility index (Phi) is 14.8. The fraction of sp³-hybridized carbons (Fsp3) is 0.769. The first-order valence-corrected chi connectivity index (χ1v) is 13.1. The molecule has 0 atom stereocenters. The molecule has 182 valence electrons. The molecule has 6 heteroatoms. The van der Waals surface area contributed by atoms with Crippen molar-refractivity contribution in [1.82, 2.24) is 15.6 Å². The topological polar surface area (TPSA) is 77.5 Å². The van der Waals surface area contributed by atoms with Gasteiger partial charge in [0.2, 0.25) is 0 Å². The molecule has 32 heavy (non-hydrogen) atoms. The maximum absolute atomic E-state index is 12.3. The molecule has 0 spiro atoms. The molecule has 0 aliphatic carbocycles. The van der Waals surface area contributed by atoms with E-state index in [-0.39, 0.29) is 5.91 Å². The van der Waals surface area contributed by atoms with E-state index in [0.29, 0.717) is 12.2 Å². The molecule has 3 N–H and O–H groups in total. The van der Waals surface area contributed by atoms with Crippen molar-refractivity contribution in [3.8, 4) is 0 Å². The van der Waals surface area contributed by atoms with Gasteiger partial charge in [0.15, 0.2) is 0 Å². The van der Waals surface area contributed by atoms with E-state index in [2.05, 4.69) is 20.5 Å². The number of amides is 1. The molecular formula is C26H46N4O2. The van der Waals surface area contributed by atoms with Gasteiger partial charge in [-0.15, -0.1) is 0 Å². The van der Waals surface area contributed by atoms with Gasteiger partial charge in [-0.05, 0) is 25.0 Å². The Bertz CT molecular complexity index is 588. The summed E-state index contributed by atoms with van der Waals surface area (Å²) in [7, 11) is 0. The Morgan fingerprint density at radius 1 is 0.844 bits per heavy atom. The number of hydrogen-bond acceptors (Lipinski definition) is 5. The average molecular weight is 447 g/mol. The van der Waals surface area contributed by atoms with E-state index in [0.717, 1.165) is 51.4 Å². The molecule has 1 aromatic heterocycles. The summed E-state index contributed by atoms with van der Waals surface area (Å²) in [6, 6.07) is 3.84. The summed E-state index contributed by atoms with van der Waals surface area (Å²) in [5.41, 5.74) is 0.647. The number of aliphatic hydroxyl groups excluding tert-OH is 1. The molecule has 2 heterocycles. The van der Waals surface area contributed by atoms with Crippen LogP contribution in [0.15, 0.2) is 18.3 Å². The van der Waals surface area contributed by atoms with Crippen molar-refractivity contribution in [2.24, 2.45) is 0 Å². The first kappa shape index (κ1) is 26.6. The summed E-state index contributed by atoms with van der Waals surface area (Å²) in [5.74, 6) is 0.940. The fourth-order valence-electron chi connectivity index (χ4n) is 4.26. The number of unbranched alkanes of at least 4 members (excludes halogenated alkanes) is 13. The highest BCUT2D eigenvalue weighted by Crippen LogP contribution is 2.14. The predicted octanol–water partition coefficient (Wildman–Crippen LogP) is 4.67. The molecule has 2 rings (SSSR count). The van der Waals surface area contributed by atoms with Crippen LogP contribution >= 0.6 is 0 Å². The van der Waals surface area contributed by atoms with Crippen LogP contribution in [0.3, 0.4) is 0 Å². The summed E-state index contributed by atoms with van der Waals surface area (Å²) in [5, 5.41) is 15.1. The first-order chi connectivity index (χ1) is 15.8. The lowest BCUT2D eigenvalue weighted by Crippen LogP contribution is -2.43. The van der Waals surface area contributed by atoms with E-state index < -0.39 is 0 Å². The average Bonchev–Trinajstić information content (AvgIpc) is 2.84. The van der Waals surface area contributed by atoms with E-state index in [1.54, 1.807) is 6.20 Å². The highest BCUT2D eigenvalue weighted by molar-refractivity contribution is 5.94. The van der Waals surface area contributed by atoms with E-state index >= 15 is 0 Å². The monoisotopic (exact) mass is 446 g/mol. The molecular weight excluding hydrogens is 400 g/mol. The lowest BCUT2D eigenvalue weighted by Gasteiger charge is -2.28. The second-order valence-electron chi connectivity index (χ2n) is 9.07. The van der Waals surface area contributed by atoms with Crippen LogP contribution in [0.25, 0.3) is 0 Å². The molecule has 0 radical (unpaired) electrons. The number of pyridine rings is 1. The van der Waals surface area contributed by atoms with Crippen LogP contribution in [0.1, 0.15) is 100 Å². The zero-order chi connectivity index (χ0) is 22.7. The SMILES string of the molecule is O=C(NCCCCCCCCCCCCCCCCO)c1ccc(N2CCNCC2)nc1. The highest BCUT2D eigenvalue weighted by atomic mass is 16.2. The fourth-order valence-corrected chi connectivity index (χ4v) is 4.26. The second kappa shape index (κ2) is 17.8. The molecule has 1 aromatic rings. The zero-order valence-corrected chi connectivity index (χ0v) is 20.1. The lowest BCUT2D eigenvalue weighted by molar-refractivity contribution is 0.0952. The molecule has 0 unspecified atom stereocenters. The Labute approximate surface area is 195 Å². The van der Waals surface area contributed by atoms with Crippen LogP contribution in [-0.4, -0.2) is 55.3 Å². The number of carbonyl (C=O) groups excluding carboxylic acids is 1. The van der Waals surface area contributed by atoms with Crippen molar-refractivity contribution in [1.29, 1.82) is 0 Å². The van der Waals surface area contributed by atoms with Crippen LogP contribution in [0.4, 0.5) is 5.82 Å². The second-order valence-corrected chi connectivity index (χ2v) is 9.07. The van der Waals surface area contributed by atoms with Gasteiger partial charge in [0, 0.05) is 45.5 Å². The number of aromatic nitrogens is 1. The van der Waals surface area contributed by atoms with Crippen LogP contribution in [0.5, 0.6) is 0 Å². The third-order valence-corrected chi connectivity index (χ3v) is 6.32. The summed E-state index contributed by atoms with van der Waals surface area (Å²) < 4.78 is 0. The van der Waals surface area contributed by atoms with Gasteiger partial charge in [-0.2, -0.15) is 0 Å². The maximum atomic E-state index is 12.3. The van der Waals surface area contributed by atoms with E-state index in [4.69, 9.17) is 5.11 Å². The Balaban J connectivity index is 1.38. The summed E-state index contributed by atoms with van der Waals surface area (Å²) in [6.45, 7) is 4.99. The van der Waals surface area contributed by atoms with Crippen LogP contribution < -0.4 is 15.5 Å². The maximum Gasteiger partial charge on any atom is 0.252 e.